The molecule has 5 nitrogen and oxygen atoms in total. The van der Waals surface area contributed by atoms with Crippen molar-refractivity contribution in [1.82, 2.24) is 10.2 Å². The highest BCUT2D eigenvalue weighted by Crippen LogP contribution is 2.24. The first-order valence-electron chi connectivity index (χ1n) is 7.46. The molecule has 1 aliphatic rings. The van der Waals surface area contributed by atoms with Crippen LogP contribution in [0.25, 0.3) is 0 Å². The molecule has 0 radical (unpaired) electrons. The van der Waals surface area contributed by atoms with Crippen LogP contribution in [0.1, 0.15) is 49.9 Å². The molecule has 1 unspecified atom stereocenters. The molecule has 1 atom stereocenters. The van der Waals surface area contributed by atoms with Crippen LogP contribution in [-0.4, -0.2) is 34.6 Å². The number of carbonyl (C=O) groups is 2. The predicted molar refractivity (Wildman–Crippen MR) is 82.5 cm³/mol. The zero-order valence-corrected chi connectivity index (χ0v) is 13.1. The second-order valence-corrected chi connectivity index (χ2v) is 6.29. The van der Waals surface area contributed by atoms with Gasteiger partial charge in [0.2, 0.25) is 0 Å². The normalized spacial score (nSPS) is 17.2. The summed E-state index contributed by atoms with van der Waals surface area (Å²) in [6, 6.07) is 2.53. The monoisotopic (exact) mass is 310 g/mol. The molecule has 1 fully saturated rings. The second-order valence-electron chi connectivity index (χ2n) is 5.31. The molecule has 116 valence electrons. The summed E-state index contributed by atoms with van der Waals surface area (Å²) in [6.07, 6.45) is 5.53. The molecule has 0 bridgehead atoms. The number of carbonyl (C=O) groups excluding carboxylic acids is 1. The van der Waals surface area contributed by atoms with Crippen molar-refractivity contribution >= 4 is 23.3 Å². The molecule has 1 aromatic rings. The number of nitrogens with one attached hydrogen (secondary N) is 1. The van der Waals surface area contributed by atoms with Gasteiger partial charge < -0.3 is 15.3 Å². The Morgan fingerprint density at radius 1 is 1.43 bits per heavy atom. The van der Waals surface area contributed by atoms with E-state index in [2.05, 4.69) is 5.32 Å². The number of carboxylic acids is 1. The molecule has 1 heterocycles. The highest BCUT2D eigenvalue weighted by atomic mass is 32.1. The Hall–Kier alpha value is -1.56. The van der Waals surface area contributed by atoms with Crippen molar-refractivity contribution in [3.63, 3.8) is 0 Å². The standard InChI is InChI=1S/C15H22N2O3S/c1-2-17(11-7-4-3-5-8-11)15(20)16-13(14(18)19)12-9-6-10-21-12/h6,9-11,13H,2-5,7-8H2,1H3,(H,16,20)(H,18,19). The number of hydrogen-bond acceptors (Lipinski definition) is 3. The van der Waals surface area contributed by atoms with Gasteiger partial charge in [0.05, 0.1) is 0 Å². The fourth-order valence-electron chi connectivity index (χ4n) is 2.88. The van der Waals surface area contributed by atoms with Crippen molar-refractivity contribution in [2.45, 2.75) is 51.1 Å². The Balaban J connectivity index is 2.04. The number of nitrogens with zero attached hydrogens (tertiary/aromatic N) is 1. The van der Waals surface area contributed by atoms with Gasteiger partial charge in [0.1, 0.15) is 0 Å². The van der Waals surface area contributed by atoms with Gasteiger partial charge in [-0.2, -0.15) is 0 Å². The Morgan fingerprint density at radius 2 is 2.14 bits per heavy atom. The molecule has 2 rings (SSSR count). The van der Waals surface area contributed by atoms with Crippen LogP contribution in [0.4, 0.5) is 4.79 Å². The number of carboxylic acid groups (broad SMARTS) is 1. The van der Waals surface area contributed by atoms with Gasteiger partial charge in [0.15, 0.2) is 6.04 Å². The summed E-state index contributed by atoms with van der Waals surface area (Å²) in [7, 11) is 0. The first-order chi connectivity index (χ1) is 10.1. The SMILES string of the molecule is CCN(C(=O)NC(C(=O)O)c1cccs1)C1CCCCC1. The van der Waals surface area contributed by atoms with Crippen LogP contribution < -0.4 is 5.32 Å². The van der Waals surface area contributed by atoms with Gasteiger partial charge in [-0.15, -0.1) is 11.3 Å². The molecule has 21 heavy (non-hydrogen) atoms. The summed E-state index contributed by atoms with van der Waals surface area (Å²) in [5.41, 5.74) is 0. The van der Waals surface area contributed by atoms with Crippen LogP contribution in [0.3, 0.4) is 0 Å². The van der Waals surface area contributed by atoms with E-state index >= 15 is 0 Å². The molecule has 1 saturated carbocycles. The second kappa shape index (κ2) is 7.45. The minimum atomic E-state index is -1.02. The molecule has 2 amide bonds. The molecule has 0 aromatic carbocycles. The van der Waals surface area contributed by atoms with Gasteiger partial charge in [0.25, 0.3) is 0 Å². The minimum Gasteiger partial charge on any atom is -0.479 e. The average molecular weight is 310 g/mol. The van der Waals surface area contributed by atoms with Gasteiger partial charge in [-0.25, -0.2) is 9.59 Å². The van der Waals surface area contributed by atoms with E-state index in [0.717, 1.165) is 25.7 Å². The van der Waals surface area contributed by atoms with Crippen molar-refractivity contribution in [2.24, 2.45) is 0 Å². The number of amides is 2. The van der Waals surface area contributed by atoms with E-state index in [9.17, 15) is 14.7 Å². The number of hydrogen-bond donors (Lipinski definition) is 2. The lowest BCUT2D eigenvalue weighted by Crippen LogP contribution is -2.48. The van der Waals surface area contributed by atoms with Gasteiger partial charge in [-0.3, -0.25) is 0 Å². The van der Waals surface area contributed by atoms with E-state index in [-0.39, 0.29) is 12.1 Å². The van der Waals surface area contributed by atoms with E-state index < -0.39 is 12.0 Å². The lowest BCUT2D eigenvalue weighted by Gasteiger charge is -2.34. The summed E-state index contributed by atoms with van der Waals surface area (Å²) in [5.74, 6) is -1.02. The highest BCUT2D eigenvalue weighted by Gasteiger charge is 2.29. The summed E-state index contributed by atoms with van der Waals surface area (Å²) in [4.78, 5) is 26.3. The lowest BCUT2D eigenvalue weighted by molar-refractivity contribution is -0.139. The minimum absolute atomic E-state index is 0.238. The number of urea groups is 1. The smallest absolute Gasteiger partial charge is 0.331 e. The molecular weight excluding hydrogens is 288 g/mol. The van der Waals surface area contributed by atoms with Crippen molar-refractivity contribution in [1.29, 1.82) is 0 Å². The van der Waals surface area contributed by atoms with E-state index in [1.54, 1.807) is 17.0 Å². The van der Waals surface area contributed by atoms with Crippen molar-refractivity contribution in [2.75, 3.05) is 6.54 Å². The number of aliphatic carboxylic acids is 1. The molecule has 0 saturated heterocycles. The zero-order chi connectivity index (χ0) is 15.2. The highest BCUT2D eigenvalue weighted by molar-refractivity contribution is 7.10. The van der Waals surface area contributed by atoms with Crippen LogP contribution >= 0.6 is 11.3 Å². The Morgan fingerprint density at radius 3 is 2.67 bits per heavy atom. The van der Waals surface area contributed by atoms with Crippen LogP contribution in [0.5, 0.6) is 0 Å². The van der Waals surface area contributed by atoms with Crippen LogP contribution in [0, 0.1) is 0 Å². The van der Waals surface area contributed by atoms with Crippen molar-refractivity contribution in [3.05, 3.63) is 22.4 Å². The molecule has 1 aromatic heterocycles. The maximum absolute atomic E-state index is 12.4. The van der Waals surface area contributed by atoms with Gasteiger partial charge in [-0.05, 0) is 31.2 Å². The third-order valence-electron chi connectivity index (χ3n) is 3.96. The molecule has 2 N–H and O–H groups in total. The largest absolute Gasteiger partial charge is 0.479 e. The summed E-state index contributed by atoms with van der Waals surface area (Å²) >= 11 is 1.34. The molecule has 6 heteroatoms. The molecule has 0 spiro atoms. The fourth-order valence-corrected chi connectivity index (χ4v) is 3.64. The maximum atomic E-state index is 12.4. The average Bonchev–Trinajstić information content (AvgIpc) is 3.00. The molecular formula is C15H22N2O3S. The number of rotatable bonds is 5. The third-order valence-corrected chi connectivity index (χ3v) is 4.90. The Bertz CT molecular complexity index is 469. The summed E-state index contributed by atoms with van der Waals surface area (Å²) in [6.45, 7) is 2.54. The summed E-state index contributed by atoms with van der Waals surface area (Å²) in [5, 5.41) is 13.8. The fraction of sp³-hybridized carbons (Fsp3) is 0.600. The van der Waals surface area contributed by atoms with E-state index in [0.29, 0.717) is 11.4 Å². The van der Waals surface area contributed by atoms with Gasteiger partial charge in [-0.1, -0.05) is 25.3 Å². The topological polar surface area (TPSA) is 69.6 Å². The summed E-state index contributed by atoms with van der Waals surface area (Å²) < 4.78 is 0. The Kier molecular flexibility index (Phi) is 5.61. The quantitative estimate of drug-likeness (QED) is 0.877. The van der Waals surface area contributed by atoms with Crippen LogP contribution in [0.2, 0.25) is 0 Å². The first-order valence-corrected chi connectivity index (χ1v) is 8.34. The van der Waals surface area contributed by atoms with Crippen LogP contribution in [-0.2, 0) is 4.79 Å². The van der Waals surface area contributed by atoms with E-state index in [4.69, 9.17) is 0 Å². The number of thiophene rings is 1. The van der Waals surface area contributed by atoms with Gasteiger partial charge >= 0.3 is 12.0 Å². The zero-order valence-electron chi connectivity index (χ0n) is 12.2. The van der Waals surface area contributed by atoms with Crippen molar-refractivity contribution < 1.29 is 14.7 Å². The van der Waals surface area contributed by atoms with E-state index in [1.165, 1.54) is 17.8 Å². The van der Waals surface area contributed by atoms with E-state index in [1.807, 2.05) is 12.3 Å². The van der Waals surface area contributed by atoms with Crippen LogP contribution in [0.15, 0.2) is 17.5 Å². The predicted octanol–water partition coefficient (Wildman–Crippen LogP) is 3.24. The first kappa shape index (κ1) is 15.8. The molecule has 1 aliphatic carbocycles. The van der Waals surface area contributed by atoms with Crippen molar-refractivity contribution in [3.8, 4) is 0 Å². The maximum Gasteiger partial charge on any atom is 0.331 e. The third kappa shape index (κ3) is 3.97. The molecule has 0 aliphatic heterocycles. The Labute approximate surface area is 129 Å². The lowest BCUT2D eigenvalue weighted by atomic mass is 9.94. The van der Waals surface area contributed by atoms with Gasteiger partial charge in [0, 0.05) is 17.5 Å².